The number of amides is 1. The van der Waals surface area contributed by atoms with E-state index in [1.54, 1.807) is 11.3 Å². The first-order chi connectivity index (χ1) is 14.3. The van der Waals surface area contributed by atoms with E-state index < -0.39 is 11.6 Å². The van der Waals surface area contributed by atoms with Crippen LogP contribution in [0.1, 0.15) is 31.5 Å². The van der Waals surface area contributed by atoms with Crippen molar-refractivity contribution in [1.29, 1.82) is 0 Å². The van der Waals surface area contributed by atoms with E-state index in [2.05, 4.69) is 21.6 Å². The standard InChI is InChI=1S/C21H23N5O3S/c1-21(2,3)25(20(27)28)13-17-22-19(29-24-17)18-15-8-4-5-9-16(15)23-26(18)11-10-14-7-6-12-30-14/h4-9,12H,10-11,13H2,1-3H3,(H,27,28). The maximum Gasteiger partial charge on any atom is 0.408 e. The van der Waals surface area contributed by atoms with E-state index in [4.69, 9.17) is 9.62 Å². The topological polar surface area (TPSA) is 97.3 Å². The number of fused-ring (bicyclic) bond motifs is 1. The minimum atomic E-state index is -1.03. The van der Waals surface area contributed by atoms with E-state index in [9.17, 15) is 9.90 Å². The van der Waals surface area contributed by atoms with Gasteiger partial charge >= 0.3 is 6.09 Å². The van der Waals surface area contributed by atoms with Crippen LogP contribution in [0.3, 0.4) is 0 Å². The van der Waals surface area contributed by atoms with Crippen molar-refractivity contribution in [2.45, 2.75) is 45.8 Å². The number of nitrogens with zero attached hydrogens (tertiary/aromatic N) is 5. The van der Waals surface area contributed by atoms with E-state index in [1.165, 1.54) is 9.78 Å². The van der Waals surface area contributed by atoms with E-state index >= 15 is 0 Å². The van der Waals surface area contributed by atoms with Crippen LogP contribution >= 0.6 is 11.3 Å². The lowest BCUT2D eigenvalue weighted by atomic mass is 10.1. The molecule has 3 heterocycles. The number of aryl methyl sites for hydroxylation is 2. The molecule has 156 valence electrons. The van der Waals surface area contributed by atoms with Crippen molar-refractivity contribution < 1.29 is 14.4 Å². The average molecular weight is 426 g/mol. The largest absolute Gasteiger partial charge is 0.465 e. The lowest BCUT2D eigenvalue weighted by molar-refractivity contribution is 0.0932. The fourth-order valence-corrected chi connectivity index (χ4v) is 3.98. The highest BCUT2D eigenvalue weighted by Gasteiger charge is 2.28. The highest BCUT2D eigenvalue weighted by molar-refractivity contribution is 7.09. The minimum absolute atomic E-state index is 0.0452. The van der Waals surface area contributed by atoms with Gasteiger partial charge in [-0.2, -0.15) is 10.1 Å². The van der Waals surface area contributed by atoms with Gasteiger partial charge in [0, 0.05) is 28.8 Å². The predicted molar refractivity (Wildman–Crippen MR) is 114 cm³/mol. The molecule has 0 radical (unpaired) electrons. The summed E-state index contributed by atoms with van der Waals surface area (Å²) in [7, 11) is 0. The molecule has 0 bridgehead atoms. The van der Waals surface area contributed by atoms with Crippen LogP contribution in [0.15, 0.2) is 46.3 Å². The van der Waals surface area contributed by atoms with Crippen molar-refractivity contribution in [2.24, 2.45) is 0 Å². The van der Waals surface area contributed by atoms with Gasteiger partial charge in [-0.3, -0.25) is 9.58 Å². The third-order valence-corrected chi connectivity index (χ3v) is 5.74. The van der Waals surface area contributed by atoms with Crippen LogP contribution < -0.4 is 0 Å². The second-order valence-corrected chi connectivity index (χ2v) is 9.01. The van der Waals surface area contributed by atoms with Crippen molar-refractivity contribution >= 4 is 28.3 Å². The normalized spacial score (nSPS) is 11.8. The van der Waals surface area contributed by atoms with Crippen LogP contribution in [0.4, 0.5) is 4.79 Å². The molecule has 0 aliphatic rings. The summed E-state index contributed by atoms with van der Waals surface area (Å²) in [6.45, 7) is 6.20. The Hall–Kier alpha value is -3.20. The first-order valence-corrected chi connectivity index (χ1v) is 10.5. The van der Waals surface area contributed by atoms with E-state index in [0.717, 1.165) is 23.0 Å². The smallest absolute Gasteiger partial charge is 0.408 e. The number of hydrogen-bond donors (Lipinski definition) is 1. The molecular weight excluding hydrogens is 402 g/mol. The fraction of sp³-hybridized carbons (Fsp3) is 0.333. The summed E-state index contributed by atoms with van der Waals surface area (Å²) in [5, 5.41) is 21.3. The number of aromatic nitrogens is 4. The molecule has 0 atom stereocenters. The molecule has 0 spiro atoms. The Kier molecular flexibility index (Phi) is 5.29. The van der Waals surface area contributed by atoms with Gasteiger partial charge in [0.1, 0.15) is 5.69 Å². The predicted octanol–water partition coefficient (Wildman–Crippen LogP) is 4.67. The number of carboxylic acid groups (broad SMARTS) is 1. The quantitative estimate of drug-likeness (QED) is 0.482. The Bertz CT molecular complexity index is 1160. The summed E-state index contributed by atoms with van der Waals surface area (Å²) >= 11 is 1.71. The molecule has 3 aromatic heterocycles. The zero-order valence-corrected chi connectivity index (χ0v) is 17.9. The van der Waals surface area contributed by atoms with Crippen molar-refractivity contribution in [3.05, 3.63) is 52.5 Å². The zero-order chi connectivity index (χ0) is 21.3. The number of hydrogen-bond acceptors (Lipinski definition) is 6. The van der Waals surface area contributed by atoms with Crippen LogP contribution in [0.2, 0.25) is 0 Å². The molecule has 0 unspecified atom stereocenters. The van der Waals surface area contributed by atoms with Crippen molar-refractivity contribution in [2.75, 3.05) is 0 Å². The highest BCUT2D eigenvalue weighted by Crippen LogP contribution is 2.28. The van der Waals surface area contributed by atoms with E-state index in [1.807, 2.05) is 55.8 Å². The second kappa shape index (κ2) is 7.91. The van der Waals surface area contributed by atoms with Gasteiger partial charge in [0.2, 0.25) is 0 Å². The lowest BCUT2D eigenvalue weighted by Crippen LogP contribution is -2.44. The highest BCUT2D eigenvalue weighted by atomic mass is 32.1. The third-order valence-electron chi connectivity index (χ3n) is 4.81. The second-order valence-electron chi connectivity index (χ2n) is 7.97. The summed E-state index contributed by atoms with van der Waals surface area (Å²) in [6.07, 6.45) is -0.184. The molecular formula is C21H23N5O3S. The van der Waals surface area contributed by atoms with E-state index in [0.29, 0.717) is 18.3 Å². The fourth-order valence-electron chi connectivity index (χ4n) is 3.29. The van der Waals surface area contributed by atoms with Crippen molar-refractivity contribution in [3.8, 4) is 11.6 Å². The van der Waals surface area contributed by atoms with Gasteiger partial charge < -0.3 is 9.63 Å². The Balaban J connectivity index is 1.67. The minimum Gasteiger partial charge on any atom is -0.465 e. The van der Waals surface area contributed by atoms with Crippen molar-refractivity contribution in [1.82, 2.24) is 24.8 Å². The summed E-state index contributed by atoms with van der Waals surface area (Å²) in [6, 6.07) is 11.9. The summed E-state index contributed by atoms with van der Waals surface area (Å²) in [4.78, 5) is 18.7. The van der Waals surface area contributed by atoms with Crippen LogP contribution in [0.25, 0.3) is 22.5 Å². The maximum absolute atomic E-state index is 11.6. The van der Waals surface area contributed by atoms with Gasteiger partial charge in [-0.1, -0.05) is 29.4 Å². The summed E-state index contributed by atoms with van der Waals surface area (Å²) in [5.41, 5.74) is 1.01. The van der Waals surface area contributed by atoms with Crippen LogP contribution in [0, 0.1) is 0 Å². The first-order valence-electron chi connectivity index (χ1n) is 9.64. The Morgan fingerprint density at radius 2 is 2.03 bits per heavy atom. The number of thiophene rings is 1. The van der Waals surface area contributed by atoms with Gasteiger partial charge in [-0.25, -0.2) is 4.79 Å². The SMILES string of the molecule is CC(C)(C)N(Cc1noc(-c2c3ccccc3nn2CCc2cccs2)n1)C(=O)O. The summed E-state index contributed by atoms with van der Waals surface area (Å²) < 4.78 is 7.44. The third kappa shape index (κ3) is 4.06. The van der Waals surface area contributed by atoms with Crippen LogP contribution in [-0.2, 0) is 19.5 Å². The van der Waals surface area contributed by atoms with Gasteiger partial charge in [0.05, 0.1) is 12.1 Å². The molecule has 0 saturated heterocycles. The van der Waals surface area contributed by atoms with Gasteiger partial charge in [-0.05, 0) is 38.3 Å². The molecule has 1 aromatic carbocycles. The van der Waals surface area contributed by atoms with Gasteiger partial charge in [0.25, 0.3) is 5.89 Å². The molecule has 1 amide bonds. The van der Waals surface area contributed by atoms with Gasteiger partial charge in [-0.15, -0.1) is 11.3 Å². The molecule has 8 nitrogen and oxygen atoms in total. The molecule has 0 saturated carbocycles. The molecule has 0 aliphatic carbocycles. The van der Waals surface area contributed by atoms with Crippen molar-refractivity contribution in [3.63, 3.8) is 0 Å². The molecule has 1 N–H and O–H groups in total. The van der Waals surface area contributed by atoms with Crippen LogP contribution in [0.5, 0.6) is 0 Å². The molecule has 4 rings (SSSR count). The number of benzene rings is 1. The lowest BCUT2D eigenvalue weighted by Gasteiger charge is -2.31. The molecule has 4 aromatic rings. The van der Waals surface area contributed by atoms with Crippen LogP contribution in [-0.4, -0.2) is 41.6 Å². The van der Waals surface area contributed by atoms with E-state index in [-0.39, 0.29) is 6.54 Å². The monoisotopic (exact) mass is 425 g/mol. The average Bonchev–Trinajstić information content (AvgIpc) is 3.42. The molecule has 30 heavy (non-hydrogen) atoms. The Morgan fingerprint density at radius 3 is 2.73 bits per heavy atom. The first kappa shape index (κ1) is 20.1. The zero-order valence-electron chi connectivity index (χ0n) is 17.1. The molecule has 9 heteroatoms. The summed E-state index contributed by atoms with van der Waals surface area (Å²) in [5.74, 6) is 0.654. The van der Waals surface area contributed by atoms with Gasteiger partial charge in [0.15, 0.2) is 5.82 Å². The molecule has 0 fully saturated rings. The molecule has 0 aliphatic heterocycles. The maximum atomic E-state index is 11.6. The Labute approximate surface area is 177 Å². The Morgan fingerprint density at radius 1 is 1.23 bits per heavy atom. The number of rotatable bonds is 6. The number of carbonyl (C=O) groups is 1.